The van der Waals surface area contributed by atoms with Gasteiger partial charge in [-0.25, -0.2) is 4.39 Å². The molecule has 0 aromatic heterocycles. The highest BCUT2D eigenvalue weighted by Gasteiger charge is 2.28. The minimum Gasteiger partial charge on any atom is -0.411 e. The Morgan fingerprint density at radius 3 is 2.53 bits per heavy atom. The largest absolute Gasteiger partial charge is 0.411 e. The molecule has 0 aliphatic carbocycles. The maximum Gasteiger partial charge on any atom is 0.389 e. The van der Waals surface area contributed by atoms with Crippen molar-refractivity contribution in [1.82, 2.24) is 0 Å². The zero-order valence-electron chi connectivity index (χ0n) is 8.43. The lowest BCUT2D eigenvalue weighted by atomic mass is 10.1. The molecule has 0 bridgehead atoms. The zero-order valence-corrected chi connectivity index (χ0v) is 10.0. The van der Waals surface area contributed by atoms with E-state index < -0.39 is 24.8 Å². The van der Waals surface area contributed by atoms with Gasteiger partial charge in [-0.3, -0.25) is 0 Å². The van der Waals surface area contributed by atoms with Crippen LogP contribution in [0, 0.1) is 5.82 Å². The molecule has 2 nitrogen and oxygen atoms in total. The lowest BCUT2D eigenvalue weighted by Gasteiger charge is -2.09. The molecule has 0 amide bonds. The molecule has 0 saturated carbocycles. The Hall–Kier alpha value is -1.11. The van der Waals surface area contributed by atoms with Crippen LogP contribution in [0.3, 0.4) is 0 Å². The average Bonchev–Trinajstić information content (AvgIpc) is 2.23. The van der Waals surface area contributed by atoms with Crippen LogP contribution in [0.5, 0.6) is 0 Å². The van der Waals surface area contributed by atoms with Crippen LogP contribution in [0.15, 0.2) is 27.8 Å². The van der Waals surface area contributed by atoms with E-state index in [1.165, 1.54) is 18.2 Å². The van der Waals surface area contributed by atoms with Gasteiger partial charge < -0.3 is 5.21 Å². The van der Waals surface area contributed by atoms with Gasteiger partial charge in [-0.05, 0) is 28.1 Å². The number of nitrogens with zero attached hydrogens (tertiary/aromatic N) is 1. The average molecular weight is 314 g/mol. The third-order valence-electron chi connectivity index (χ3n) is 2.03. The fraction of sp³-hybridized carbons (Fsp3) is 0.300. The van der Waals surface area contributed by atoms with Gasteiger partial charge in [0.25, 0.3) is 0 Å². The SMILES string of the molecule is ON=C(CCC(F)(F)F)c1cccc(Br)c1F. The van der Waals surface area contributed by atoms with E-state index in [1.807, 2.05) is 0 Å². The summed E-state index contributed by atoms with van der Waals surface area (Å²) in [7, 11) is 0. The summed E-state index contributed by atoms with van der Waals surface area (Å²) in [6.45, 7) is 0. The fourth-order valence-corrected chi connectivity index (χ4v) is 1.59. The van der Waals surface area contributed by atoms with Gasteiger partial charge >= 0.3 is 6.18 Å². The minimum atomic E-state index is -4.38. The predicted molar refractivity (Wildman–Crippen MR) is 57.7 cm³/mol. The quantitative estimate of drug-likeness (QED) is 0.387. The molecule has 1 N–H and O–H groups in total. The Morgan fingerprint density at radius 1 is 1.35 bits per heavy atom. The predicted octanol–water partition coefficient (Wildman–Crippen LogP) is 4.11. The van der Waals surface area contributed by atoms with Crippen molar-refractivity contribution in [3.8, 4) is 0 Å². The molecule has 0 fully saturated rings. The van der Waals surface area contributed by atoms with Crippen LogP contribution in [0.4, 0.5) is 17.6 Å². The maximum atomic E-state index is 13.5. The maximum absolute atomic E-state index is 13.5. The molecule has 0 radical (unpaired) electrons. The first-order valence-electron chi connectivity index (χ1n) is 4.57. The fourth-order valence-electron chi connectivity index (χ4n) is 1.23. The van der Waals surface area contributed by atoms with Crippen LogP contribution in [0.2, 0.25) is 0 Å². The van der Waals surface area contributed by atoms with Crippen molar-refractivity contribution in [2.75, 3.05) is 0 Å². The van der Waals surface area contributed by atoms with Crippen molar-refractivity contribution in [2.45, 2.75) is 19.0 Å². The Balaban J connectivity index is 2.92. The molecule has 1 aromatic rings. The van der Waals surface area contributed by atoms with E-state index in [4.69, 9.17) is 5.21 Å². The Bertz CT molecular complexity index is 431. The number of halogens is 5. The highest BCUT2D eigenvalue weighted by Crippen LogP contribution is 2.25. The minimum absolute atomic E-state index is 0.100. The molecule has 94 valence electrons. The number of rotatable bonds is 3. The normalized spacial score (nSPS) is 12.9. The van der Waals surface area contributed by atoms with E-state index in [-0.39, 0.29) is 15.7 Å². The van der Waals surface area contributed by atoms with Gasteiger partial charge in [0.15, 0.2) is 0 Å². The molecular weight excluding hydrogens is 306 g/mol. The molecule has 0 heterocycles. The first kappa shape index (κ1) is 14.0. The standard InChI is InChI=1S/C10H8BrF4NO/c11-7-3-1-2-6(9(7)12)8(16-17)4-5-10(13,14)15/h1-3,17H,4-5H2. The molecule has 0 saturated heterocycles. The second-order valence-corrected chi connectivity index (χ2v) is 4.12. The summed E-state index contributed by atoms with van der Waals surface area (Å²) >= 11 is 2.90. The molecule has 0 unspecified atom stereocenters. The monoisotopic (exact) mass is 313 g/mol. The molecule has 17 heavy (non-hydrogen) atoms. The summed E-state index contributed by atoms with van der Waals surface area (Å²) in [5.41, 5.74) is -0.479. The van der Waals surface area contributed by atoms with Crippen molar-refractivity contribution >= 4 is 21.6 Å². The number of oxime groups is 1. The van der Waals surface area contributed by atoms with Gasteiger partial charge in [-0.1, -0.05) is 11.2 Å². The zero-order chi connectivity index (χ0) is 13.1. The van der Waals surface area contributed by atoms with E-state index in [2.05, 4.69) is 21.1 Å². The van der Waals surface area contributed by atoms with Crippen LogP contribution in [-0.4, -0.2) is 17.1 Å². The van der Waals surface area contributed by atoms with E-state index in [1.54, 1.807) is 0 Å². The van der Waals surface area contributed by atoms with Gasteiger partial charge in [-0.2, -0.15) is 13.2 Å². The summed E-state index contributed by atoms with van der Waals surface area (Å²) in [4.78, 5) is 0. The summed E-state index contributed by atoms with van der Waals surface area (Å²) < 4.78 is 49.7. The Morgan fingerprint density at radius 2 is 2.00 bits per heavy atom. The molecule has 1 rings (SSSR count). The first-order valence-corrected chi connectivity index (χ1v) is 5.36. The molecular formula is C10H8BrF4NO. The lowest BCUT2D eigenvalue weighted by molar-refractivity contribution is -0.132. The summed E-state index contributed by atoms with van der Waals surface area (Å²) in [6, 6.07) is 4.10. The van der Waals surface area contributed by atoms with Crippen LogP contribution >= 0.6 is 15.9 Å². The van der Waals surface area contributed by atoms with Crippen molar-refractivity contribution in [2.24, 2.45) is 5.16 Å². The van der Waals surface area contributed by atoms with Gasteiger partial charge in [0, 0.05) is 18.4 Å². The molecule has 0 spiro atoms. The third kappa shape index (κ3) is 3.99. The van der Waals surface area contributed by atoms with Gasteiger partial charge in [0.2, 0.25) is 0 Å². The Kier molecular flexibility index (Phi) is 4.50. The molecule has 7 heteroatoms. The van der Waals surface area contributed by atoms with E-state index in [9.17, 15) is 17.6 Å². The number of hydrogen-bond acceptors (Lipinski definition) is 2. The lowest BCUT2D eigenvalue weighted by Crippen LogP contribution is -2.12. The summed E-state index contributed by atoms with van der Waals surface area (Å²) in [5, 5.41) is 11.3. The van der Waals surface area contributed by atoms with E-state index in [0.29, 0.717) is 0 Å². The van der Waals surface area contributed by atoms with E-state index in [0.717, 1.165) is 0 Å². The second kappa shape index (κ2) is 5.48. The molecule has 1 aromatic carbocycles. The van der Waals surface area contributed by atoms with Crippen molar-refractivity contribution in [1.29, 1.82) is 0 Å². The van der Waals surface area contributed by atoms with Gasteiger partial charge in [0.05, 0.1) is 10.2 Å². The molecule has 0 aliphatic rings. The summed E-state index contributed by atoms with van der Waals surface area (Å²) in [6.07, 6.45) is -6.12. The first-order chi connectivity index (χ1) is 7.85. The highest BCUT2D eigenvalue weighted by atomic mass is 79.9. The van der Waals surface area contributed by atoms with Crippen LogP contribution in [-0.2, 0) is 0 Å². The van der Waals surface area contributed by atoms with Gasteiger partial charge in [-0.15, -0.1) is 0 Å². The van der Waals surface area contributed by atoms with Crippen molar-refractivity contribution in [3.05, 3.63) is 34.1 Å². The van der Waals surface area contributed by atoms with Crippen molar-refractivity contribution in [3.63, 3.8) is 0 Å². The van der Waals surface area contributed by atoms with Crippen molar-refractivity contribution < 1.29 is 22.8 Å². The Labute approximate surface area is 103 Å². The van der Waals surface area contributed by atoms with Crippen LogP contribution in [0.25, 0.3) is 0 Å². The van der Waals surface area contributed by atoms with Gasteiger partial charge in [0.1, 0.15) is 5.82 Å². The summed E-state index contributed by atoms with van der Waals surface area (Å²) in [5.74, 6) is -0.748. The number of benzene rings is 1. The number of alkyl halides is 3. The molecule has 0 aliphatic heterocycles. The smallest absolute Gasteiger partial charge is 0.389 e. The molecule has 0 atom stereocenters. The van der Waals surface area contributed by atoms with Crippen LogP contribution in [0.1, 0.15) is 18.4 Å². The number of hydrogen-bond donors (Lipinski definition) is 1. The third-order valence-corrected chi connectivity index (χ3v) is 2.64. The van der Waals surface area contributed by atoms with Crippen LogP contribution < -0.4 is 0 Å². The van der Waals surface area contributed by atoms with E-state index >= 15 is 0 Å². The highest BCUT2D eigenvalue weighted by molar-refractivity contribution is 9.10. The topological polar surface area (TPSA) is 32.6 Å². The second-order valence-electron chi connectivity index (χ2n) is 3.26.